The summed E-state index contributed by atoms with van der Waals surface area (Å²) in [6, 6.07) is 18.1. The summed E-state index contributed by atoms with van der Waals surface area (Å²) in [5.74, 6) is -2.58. The van der Waals surface area contributed by atoms with E-state index < -0.39 is 35.4 Å². The normalized spacial score (nSPS) is 19.4. The number of imide groups is 1. The Morgan fingerprint density at radius 2 is 1.67 bits per heavy atom. The Balaban J connectivity index is 0.672. The number of nitrogens with two attached hydrogens (primary N) is 1. The number of pyridine rings is 1. The van der Waals surface area contributed by atoms with Gasteiger partial charge in [0.2, 0.25) is 11.8 Å². The number of rotatable bonds is 12. The molecular weight excluding hydrogens is 941 g/mol. The average Bonchev–Trinajstić information content (AvgIpc) is 3.70. The number of carbonyl (C=O) groups excluding carboxylic acids is 5. The third kappa shape index (κ3) is 10.7. The molecule has 5 aliphatic rings. The number of hydrogen-bond acceptors (Lipinski definition) is 13. The second kappa shape index (κ2) is 20.6. The number of nitrogens with zero attached hydrogens (tertiary/aromatic N) is 7. The zero-order valence-electron chi connectivity index (χ0n) is 39.8. The van der Waals surface area contributed by atoms with Crippen LogP contribution in [-0.2, 0) is 22.7 Å². The molecule has 0 spiro atoms. The molecule has 1 unspecified atom stereocenters. The number of anilines is 3. The van der Waals surface area contributed by atoms with Crippen LogP contribution < -0.4 is 31.5 Å². The summed E-state index contributed by atoms with van der Waals surface area (Å²) < 4.78 is 31.1. The molecule has 5 N–H and O–H groups in total. The van der Waals surface area contributed by atoms with Crippen molar-refractivity contribution in [3.8, 4) is 0 Å². The molecule has 10 rings (SSSR count). The van der Waals surface area contributed by atoms with E-state index in [0.29, 0.717) is 59.7 Å². The van der Waals surface area contributed by atoms with E-state index >= 15 is 8.78 Å². The van der Waals surface area contributed by atoms with E-state index in [1.807, 2.05) is 23.1 Å². The van der Waals surface area contributed by atoms with Crippen LogP contribution >= 0.6 is 11.8 Å². The van der Waals surface area contributed by atoms with Crippen LogP contribution in [0.15, 0.2) is 101 Å². The highest BCUT2D eigenvalue weighted by molar-refractivity contribution is 7.99. The molecule has 0 aliphatic carbocycles. The van der Waals surface area contributed by atoms with E-state index in [1.54, 1.807) is 48.8 Å². The first kappa shape index (κ1) is 48.5. The van der Waals surface area contributed by atoms with Gasteiger partial charge in [0.15, 0.2) is 11.5 Å². The van der Waals surface area contributed by atoms with Crippen molar-refractivity contribution < 1.29 is 32.8 Å². The number of aromatic nitrogens is 3. The maximum atomic E-state index is 15.7. The number of amides is 5. The molecule has 3 aromatic carbocycles. The van der Waals surface area contributed by atoms with E-state index in [1.165, 1.54) is 35.0 Å². The van der Waals surface area contributed by atoms with Crippen LogP contribution in [0.2, 0.25) is 0 Å². The molecule has 2 aromatic heterocycles. The third-order valence-electron chi connectivity index (χ3n) is 14.4. The lowest BCUT2D eigenvalue weighted by Gasteiger charge is -2.40. The van der Waals surface area contributed by atoms with Crippen LogP contribution in [0.3, 0.4) is 0 Å². The van der Waals surface area contributed by atoms with Crippen molar-refractivity contribution in [1.29, 1.82) is 0 Å². The van der Waals surface area contributed by atoms with Crippen molar-refractivity contribution >= 4 is 64.1 Å². The fourth-order valence-electron chi connectivity index (χ4n) is 10.2. The molecule has 3 saturated heterocycles. The summed E-state index contributed by atoms with van der Waals surface area (Å²) in [6.07, 6.45) is 11.7. The Labute approximate surface area is 419 Å². The molecule has 1 atom stereocenters. The van der Waals surface area contributed by atoms with Gasteiger partial charge in [-0.3, -0.25) is 34.2 Å². The van der Waals surface area contributed by atoms with E-state index in [4.69, 9.17) is 5.73 Å². The Hall–Kier alpha value is -7.09. The van der Waals surface area contributed by atoms with Gasteiger partial charge in [-0.15, -0.1) is 0 Å². The first-order valence-electron chi connectivity index (χ1n) is 24.4. The van der Waals surface area contributed by atoms with Gasteiger partial charge in [0.1, 0.15) is 22.7 Å². The van der Waals surface area contributed by atoms with Gasteiger partial charge < -0.3 is 31.1 Å². The number of carbonyl (C=O) groups is 5. The minimum absolute atomic E-state index is 0.0714. The molecule has 3 fully saturated rings. The number of benzene rings is 3. The largest absolute Gasteiger partial charge is 0.369 e. The van der Waals surface area contributed by atoms with Gasteiger partial charge in [0.25, 0.3) is 17.7 Å². The minimum Gasteiger partial charge on any atom is -0.369 e. The molecule has 5 aliphatic heterocycles. The zero-order chi connectivity index (χ0) is 50.1. The van der Waals surface area contributed by atoms with Crippen LogP contribution in [0, 0.1) is 11.6 Å². The van der Waals surface area contributed by atoms with Crippen LogP contribution in [0.25, 0.3) is 5.57 Å². The SMILES string of the molecule is CC1(N)CCN(c2cnc(Sc3cccc(NC(=O)c4ccc(N5CCC(N6CC=C(c7cnc(C(=O)NCc8ccc9c(c8)CN(C8CCC(=O)NC8=O)C9=O)c(F)c7)CC6)CC5)c(F)c4)c3)cn2)CC1. The van der Waals surface area contributed by atoms with Gasteiger partial charge in [-0.2, -0.15) is 0 Å². The molecule has 72 heavy (non-hydrogen) atoms. The maximum absolute atomic E-state index is 15.7. The molecule has 5 amide bonds. The quantitative estimate of drug-likeness (QED) is 0.101. The Kier molecular flexibility index (Phi) is 13.9. The number of halogens is 2. The van der Waals surface area contributed by atoms with Gasteiger partial charge in [0, 0.05) is 98.3 Å². The van der Waals surface area contributed by atoms with Gasteiger partial charge in [0.05, 0.1) is 18.1 Å². The van der Waals surface area contributed by atoms with Crippen LogP contribution in [-0.4, -0.2) is 111 Å². The Morgan fingerprint density at radius 1 is 0.847 bits per heavy atom. The van der Waals surface area contributed by atoms with Gasteiger partial charge in [-0.1, -0.05) is 36.0 Å². The molecule has 0 saturated carbocycles. The minimum atomic E-state index is -0.732. The van der Waals surface area contributed by atoms with Crippen molar-refractivity contribution in [3.05, 3.63) is 137 Å². The Morgan fingerprint density at radius 3 is 2.39 bits per heavy atom. The summed E-state index contributed by atoms with van der Waals surface area (Å²) in [7, 11) is 0. The van der Waals surface area contributed by atoms with Crippen molar-refractivity contribution in [1.82, 2.24) is 35.4 Å². The number of piperidine rings is 3. The highest BCUT2D eigenvalue weighted by Crippen LogP contribution is 2.33. The standard InChI is InChI=1S/C53H55F2N11O5S/c1-53(56)15-21-65(22-16-53)45-29-58-47(30-57-45)72-39-4-2-3-37(26-39)61-49(68)34-6-8-43(41(54)24-34)64-19-13-38(14-20-64)63-17-11-33(12-18-63)35-25-42(55)48(59-28-35)51(70)60-27-32-5-7-40-36(23-32)31-66(52(40)71)44-9-10-46(67)62-50(44)69/h2-8,11,23-26,28-30,38,44H,9-10,12-22,27,31,56H2,1H3,(H,60,70)(H,61,68)(H,62,67,69). The van der Waals surface area contributed by atoms with Gasteiger partial charge >= 0.3 is 0 Å². The summed E-state index contributed by atoms with van der Waals surface area (Å²) >= 11 is 1.44. The van der Waals surface area contributed by atoms with E-state index in [2.05, 4.69) is 53.7 Å². The number of hydrogen-bond donors (Lipinski definition) is 4. The highest BCUT2D eigenvalue weighted by Gasteiger charge is 2.39. The second-order valence-electron chi connectivity index (χ2n) is 19.4. The lowest BCUT2D eigenvalue weighted by molar-refractivity contribution is -0.136. The Bertz CT molecular complexity index is 2970. The zero-order valence-corrected chi connectivity index (χ0v) is 40.7. The summed E-state index contributed by atoms with van der Waals surface area (Å²) in [4.78, 5) is 85.8. The van der Waals surface area contributed by atoms with Crippen molar-refractivity contribution in [3.63, 3.8) is 0 Å². The summed E-state index contributed by atoms with van der Waals surface area (Å²) in [5.41, 5.74) is 10.5. The molecule has 19 heteroatoms. The maximum Gasteiger partial charge on any atom is 0.273 e. The first-order valence-corrected chi connectivity index (χ1v) is 25.2. The number of nitrogens with one attached hydrogen (secondary N) is 3. The van der Waals surface area contributed by atoms with E-state index in [0.717, 1.165) is 66.6 Å². The molecule has 7 heterocycles. The predicted molar refractivity (Wildman–Crippen MR) is 268 cm³/mol. The predicted octanol–water partition coefficient (Wildman–Crippen LogP) is 6.32. The molecule has 0 radical (unpaired) electrons. The fraction of sp³-hybridized carbons (Fsp3) is 0.358. The topological polar surface area (TPSA) is 199 Å². The third-order valence-corrected chi connectivity index (χ3v) is 15.3. The van der Waals surface area contributed by atoms with Crippen molar-refractivity contribution in [2.45, 2.75) is 92.5 Å². The van der Waals surface area contributed by atoms with Gasteiger partial charge in [-0.05, 0) is 116 Å². The van der Waals surface area contributed by atoms with Crippen LogP contribution in [0.4, 0.5) is 26.0 Å². The fourth-order valence-corrected chi connectivity index (χ4v) is 11.0. The van der Waals surface area contributed by atoms with Gasteiger partial charge in [-0.25, -0.2) is 23.7 Å². The van der Waals surface area contributed by atoms with Crippen LogP contribution in [0.5, 0.6) is 0 Å². The molecule has 16 nitrogen and oxygen atoms in total. The highest BCUT2D eigenvalue weighted by atomic mass is 32.2. The van der Waals surface area contributed by atoms with Crippen LogP contribution in [0.1, 0.15) is 99.8 Å². The van der Waals surface area contributed by atoms with Crippen molar-refractivity contribution in [2.24, 2.45) is 5.73 Å². The van der Waals surface area contributed by atoms with Crippen molar-refractivity contribution in [2.75, 3.05) is 54.4 Å². The molecule has 0 bridgehead atoms. The lowest BCUT2D eigenvalue weighted by atomic mass is 9.91. The van der Waals surface area contributed by atoms with E-state index in [9.17, 15) is 24.0 Å². The first-order chi connectivity index (χ1) is 34.7. The molecule has 5 aromatic rings. The summed E-state index contributed by atoms with van der Waals surface area (Å²) in [5, 5.41) is 8.65. The monoisotopic (exact) mass is 995 g/mol. The lowest BCUT2D eigenvalue weighted by Crippen LogP contribution is -2.52. The smallest absolute Gasteiger partial charge is 0.273 e. The van der Waals surface area contributed by atoms with E-state index in [-0.39, 0.29) is 60.6 Å². The number of fused-ring (bicyclic) bond motifs is 1. The second-order valence-corrected chi connectivity index (χ2v) is 20.5. The summed E-state index contributed by atoms with van der Waals surface area (Å²) in [6.45, 7) is 6.76. The average molecular weight is 996 g/mol. The molecular formula is C53H55F2N11O5S. The molecule has 372 valence electrons.